The van der Waals surface area contributed by atoms with Crippen LogP contribution in [-0.4, -0.2) is 23.4 Å². The van der Waals surface area contributed by atoms with Gasteiger partial charge in [0.2, 0.25) is 5.76 Å². The number of nitro benzene ring substituents is 1. The lowest BCUT2D eigenvalue weighted by atomic mass is 10.2. The van der Waals surface area contributed by atoms with Crippen molar-refractivity contribution in [2.24, 2.45) is 0 Å². The smallest absolute Gasteiger partial charge is 0.374 e. The van der Waals surface area contributed by atoms with Crippen LogP contribution >= 0.6 is 0 Å². The van der Waals surface area contributed by atoms with Crippen molar-refractivity contribution in [1.29, 1.82) is 0 Å². The van der Waals surface area contributed by atoms with Crippen LogP contribution in [0.4, 0.5) is 11.4 Å². The molecule has 1 aromatic heterocycles. The monoisotopic (exact) mass is 368 g/mol. The third-order valence-electron chi connectivity index (χ3n) is 3.53. The molecular weight excluding hydrogens is 356 g/mol. The van der Waals surface area contributed by atoms with E-state index in [0.717, 1.165) is 6.07 Å². The van der Waals surface area contributed by atoms with E-state index >= 15 is 0 Å². The molecule has 0 bridgehead atoms. The van der Waals surface area contributed by atoms with E-state index in [1.54, 1.807) is 18.2 Å². The summed E-state index contributed by atoms with van der Waals surface area (Å²) in [5.74, 6) is -1.93. The molecule has 0 unspecified atom stereocenters. The molecule has 27 heavy (non-hydrogen) atoms. The third kappa shape index (κ3) is 4.15. The Morgan fingerprint density at radius 2 is 1.81 bits per heavy atom. The van der Waals surface area contributed by atoms with Gasteiger partial charge in [-0.05, 0) is 24.3 Å². The summed E-state index contributed by atoms with van der Waals surface area (Å²) in [6.07, 6.45) is 0. The highest BCUT2D eigenvalue weighted by molar-refractivity contribution is 5.95. The zero-order valence-corrected chi connectivity index (χ0v) is 13.7. The van der Waals surface area contributed by atoms with Gasteiger partial charge in [0.05, 0.1) is 10.3 Å². The van der Waals surface area contributed by atoms with Gasteiger partial charge in [-0.25, -0.2) is 4.79 Å². The van der Waals surface area contributed by atoms with Crippen LogP contribution in [0.5, 0.6) is 0 Å². The molecule has 136 valence electrons. The number of ether oxygens (including phenoxy) is 1. The molecule has 0 aliphatic rings. The number of fused-ring (bicyclic) bond motifs is 1. The average molecular weight is 368 g/mol. The topological polar surface area (TPSA) is 129 Å². The van der Waals surface area contributed by atoms with Gasteiger partial charge in [-0.1, -0.05) is 12.1 Å². The van der Waals surface area contributed by atoms with Gasteiger partial charge in [0, 0.05) is 23.9 Å². The number of nitrogens with zero attached hydrogens (tertiary/aromatic N) is 1. The van der Waals surface area contributed by atoms with E-state index in [9.17, 15) is 24.5 Å². The molecule has 9 nitrogen and oxygen atoms in total. The predicted molar refractivity (Wildman–Crippen MR) is 94.5 cm³/mol. The van der Waals surface area contributed by atoms with E-state index in [-0.39, 0.29) is 17.0 Å². The zero-order chi connectivity index (χ0) is 19.4. The number of carbonyl (C=O) groups is 2. The molecule has 0 spiro atoms. The molecule has 0 saturated carbocycles. The number of para-hydroxylation sites is 1. The second-order valence-corrected chi connectivity index (χ2v) is 5.40. The van der Waals surface area contributed by atoms with Crippen LogP contribution in [0, 0.1) is 10.1 Å². The fraction of sp³-hybridized carbons (Fsp3) is 0.0556. The summed E-state index contributed by atoms with van der Waals surface area (Å²) in [6, 6.07) is 12.6. The standard InChI is InChI=1S/C18H12N2O7/c21-14-9-16(27-15-4-2-1-3-13(14)15)18(23)26-10-17(22)19-11-5-7-12(8-6-11)20(24)25/h1-9H,10H2,(H,19,22). The van der Waals surface area contributed by atoms with Crippen molar-refractivity contribution < 1.29 is 23.7 Å². The van der Waals surface area contributed by atoms with Crippen LogP contribution in [-0.2, 0) is 9.53 Å². The number of non-ortho nitro benzene ring substituents is 1. The van der Waals surface area contributed by atoms with Gasteiger partial charge in [-0.15, -0.1) is 0 Å². The van der Waals surface area contributed by atoms with Crippen LogP contribution in [0.1, 0.15) is 10.6 Å². The Morgan fingerprint density at radius 3 is 2.52 bits per heavy atom. The second kappa shape index (κ2) is 7.48. The van der Waals surface area contributed by atoms with Gasteiger partial charge in [0.25, 0.3) is 11.6 Å². The van der Waals surface area contributed by atoms with Gasteiger partial charge in [-0.2, -0.15) is 0 Å². The van der Waals surface area contributed by atoms with Crippen LogP contribution < -0.4 is 10.7 Å². The quantitative estimate of drug-likeness (QED) is 0.416. The molecule has 0 aliphatic carbocycles. The van der Waals surface area contributed by atoms with Crippen LogP contribution in [0.15, 0.2) is 63.8 Å². The lowest BCUT2D eigenvalue weighted by Gasteiger charge is -2.06. The lowest BCUT2D eigenvalue weighted by molar-refractivity contribution is -0.384. The molecular formula is C18H12N2O7. The van der Waals surface area contributed by atoms with Crippen molar-refractivity contribution >= 4 is 34.2 Å². The molecule has 3 rings (SSSR count). The summed E-state index contributed by atoms with van der Waals surface area (Å²) >= 11 is 0. The molecule has 1 heterocycles. The fourth-order valence-electron chi connectivity index (χ4n) is 2.27. The Kier molecular flexibility index (Phi) is 4.93. The highest BCUT2D eigenvalue weighted by Crippen LogP contribution is 2.15. The number of carbonyl (C=O) groups excluding carboxylic acids is 2. The minimum atomic E-state index is -0.961. The first kappa shape index (κ1) is 17.8. The SMILES string of the molecule is O=C(COC(=O)c1cc(=O)c2ccccc2o1)Nc1ccc([N+](=O)[O-])cc1. The predicted octanol–water partition coefficient (Wildman–Crippen LogP) is 2.50. The van der Waals surface area contributed by atoms with Crippen LogP contribution in [0.3, 0.4) is 0 Å². The maximum atomic E-state index is 12.0. The number of nitrogens with one attached hydrogen (secondary N) is 1. The summed E-state index contributed by atoms with van der Waals surface area (Å²) in [5, 5.41) is 13.3. The van der Waals surface area contributed by atoms with E-state index in [0.29, 0.717) is 11.1 Å². The normalized spacial score (nSPS) is 10.4. The van der Waals surface area contributed by atoms with Crippen molar-refractivity contribution in [3.8, 4) is 0 Å². The Balaban J connectivity index is 1.62. The molecule has 0 atom stereocenters. The molecule has 0 aliphatic heterocycles. The molecule has 3 aromatic rings. The molecule has 2 aromatic carbocycles. The number of benzene rings is 2. The first-order valence-electron chi connectivity index (χ1n) is 7.68. The van der Waals surface area contributed by atoms with E-state index in [1.807, 2.05) is 0 Å². The molecule has 9 heteroatoms. The van der Waals surface area contributed by atoms with Crippen LogP contribution in [0.25, 0.3) is 11.0 Å². The molecule has 1 amide bonds. The first-order valence-corrected chi connectivity index (χ1v) is 7.68. The Hall–Kier alpha value is -4.01. The Bertz CT molecular complexity index is 1090. The lowest BCUT2D eigenvalue weighted by Crippen LogP contribution is -2.21. The van der Waals surface area contributed by atoms with Gasteiger partial charge >= 0.3 is 5.97 Å². The minimum Gasteiger partial charge on any atom is -0.450 e. The maximum absolute atomic E-state index is 12.0. The van der Waals surface area contributed by atoms with E-state index < -0.39 is 28.8 Å². The van der Waals surface area contributed by atoms with Gasteiger partial charge < -0.3 is 14.5 Å². The van der Waals surface area contributed by atoms with Crippen molar-refractivity contribution in [1.82, 2.24) is 0 Å². The van der Waals surface area contributed by atoms with Crippen LogP contribution in [0.2, 0.25) is 0 Å². The first-order chi connectivity index (χ1) is 12.9. The molecule has 1 N–H and O–H groups in total. The molecule has 0 radical (unpaired) electrons. The Morgan fingerprint density at radius 1 is 1.11 bits per heavy atom. The number of hydrogen-bond donors (Lipinski definition) is 1. The van der Waals surface area contributed by atoms with Gasteiger partial charge in [0.15, 0.2) is 12.0 Å². The Labute approximate surface area is 151 Å². The van der Waals surface area contributed by atoms with Crippen molar-refractivity contribution in [2.45, 2.75) is 0 Å². The van der Waals surface area contributed by atoms with Gasteiger partial charge in [0.1, 0.15) is 5.58 Å². The van der Waals surface area contributed by atoms with Gasteiger partial charge in [-0.3, -0.25) is 19.7 Å². The van der Waals surface area contributed by atoms with Crippen molar-refractivity contribution in [2.75, 3.05) is 11.9 Å². The highest BCUT2D eigenvalue weighted by Gasteiger charge is 2.15. The van der Waals surface area contributed by atoms with E-state index in [2.05, 4.69) is 5.32 Å². The second-order valence-electron chi connectivity index (χ2n) is 5.40. The highest BCUT2D eigenvalue weighted by atomic mass is 16.6. The summed E-state index contributed by atoms with van der Waals surface area (Å²) in [6.45, 7) is -0.619. The minimum absolute atomic E-state index is 0.120. The fourth-order valence-corrected chi connectivity index (χ4v) is 2.27. The number of amides is 1. The summed E-state index contributed by atoms with van der Waals surface area (Å²) in [4.78, 5) is 45.8. The summed E-state index contributed by atoms with van der Waals surface area (Å²) < 4.78 is 10.2. The summed E-state index contributed by atoms with van der Waals surface area (Å²) in [5.41, 5.74) is 0.0102. The van der Waals surface area contributed by atoms with Crippen molar-refractivity contribution in [3.63, 3.8) is 0 Å². The molecule has 0 fully saturated rings. The number of anilines is 1. The maximum Gasteiger partial charge on any atom is 0.374 e. The number of hydrogen-bond acceptors (Lipinski definition) is 7. The zero-order valence-electron chi connectivity index (χ0n) is 13.7. The third-order valence-corrected chi connectivity index (χ3v) is 3.53. The largest absolute Gasteiger partial charge is 0.450 e. The number of esters is 1. The molecule has 0 saturated heterocycles. The van der Waals surface area contributed by atoms with Crippen molar-refractivity contribution in [3.05, 3.63) is 80.7 Å². The average Bonchev–Trinajstić information content (AvgIpc) is 2.66. The van der Waals surface area contributed by atoms with E-state index in [1.165, 1.54) is 30.3 Å². The number of rotatable bonds is 5. The number of nitro groups is 1. The van der Waals surface area contributed by atoms with E-state index in [4.69, 9.17) is 9.15 Å². The summed E-state index contributed by atoms with van der Waals surface area (Å²) in [7, 11) is 0.